The molecule has 2 heterocycles. The fourth-order valence-electron chi connectivity index (χ4n) is 3.91. The fraction of sp³-hybridized carbons (Fsp3) is 0.0714. The molecule has 0 saturated heterocycles. The number of nitrogens with zero attached hydrogens (tertiary/aromatic N) is 2. The molecule has 0 aliphatic carbocycles. The highest BCUT2D eigenvalue weighted by Crippen LogP contribution is 2.29. The number of phenolic OH excluding ortho intramolecular Hbond substituents is 1. The quantitative estimate of drug-likeness (QED) is 0.393. The lowest BCUT2D eigenvalue weighted by atomic mass is 10.0. The number of benzene rings is 3. The zero-order valence-corrected chi connectivity index (χ0v) is 18.2. The lowest BCUT2D eigenvalue weighted by Gasteiger charge is -2.15. The number of hydrogen-bond acceptors (Lipinski definition) is 3. The van der Waals surface area contributed by atoms with Gasteiger partial charge in [-0.3, -0.25) is 9.36 Å². The maximum atomic E-state index is 13.4. The second kappa shape index (κ2) is 8.28. The van der Waals surface area contributed by atoms with Crippen LogP contribution in [0.5, 0.6) is 5.75 Å². The Morgan fingerprint density at radius 1 is 1.00 bits per heavy atom. The van der Waals surface area contributed by atoms with Gasteiger partial charge in [0.05, 0.1) is 11.4 Å². The van der Waals surface area contributed by atoms with Crippen LogP contribution in [0.3, 0.4) is 0 Å². The molecule has 162 valence electrons. The van der Waals surface area contributed by atoms with Crippen molar-refractivity contribution in [3.05, 3.63) is 130 Å². The molecule has 0 spiro atoms. The Bertz CT molecular complexity index is 1460. The fourth-order valence-corrected chi connectivity index (χ4v) is 3.91. The number of aromatic nitrogens is 3. The number of fused-ring (bicyclic) bond motifs is 1. The Balaban J connectivity index is 1.68. The molecular formula is C28H23N3O2. The van der Waals surface area contributed by atoms with Crippen molar-refractivity contribution in [2.45, 2.75) is 13.3 Å². The van der Waals surface area contributed by atoms with Crippen molar-refractivity contribution in [1.82, 2.24) is 14.5 Å². The molecule has 0 radical (unpaired) electrons. The summed E-state index contributed by atoms with van der Waals surface area (Å²) >= 11 is 0. The average molecular weight is 434 g/mol. The molecule has 2 aliphatic heterocycles. The van der Waals surface area contributed by atoms with Gasteiger partial charge in [-0.15, -0.1) is 0 Å². The van der Waals surface area contributed by atoms with E-state index in [1.807, 2.05) is 61.5 Å². The number of phenols is 1. The van der Waals surface area contributed by atoms with Crippen LogP contribution in [0.15, 0.2) is 96.4 Å². The number of H-pyrrole nitrogens is 1. The third-order valence-electron chi connectivity index (χ3n) is 5.77. The molecule has 3 aromatic carbocycles. The molecule has 0 bridgehead atoms. The van der Waals surface area contributed by atoms with Crippen LogP contribution in [0.4, 0.5) is 0 Å². The zero-order chi connectivity index (χ0) is 22.9. The van der Waals surface area contributed by atoms with E-state index >= 15 is 0 Å². The van der Waals surface area contributed by atoms with Crippen molar-refractivity contribution in [1.29, 1.82) is 0 Å². The van der Waals surface area contributed by atoms with Gasteiger partial charge in [-0.2, -0.15) is 0 Å². The van der Waals surface area contributed by atoms with E-state index in [2.05, 4.69) is 11.6 Å². The summed E-state index contributed by atoms with van der Waals surface area (Å²) in [6.07, 6.45) is 2.21. The first-order chi connectivity index (χ1) is 16.0. The maximum Gasteiger partial charge on any atom is 0.278 e. The summed E-state index contributed by atoms with van der Waals surface area (Å²) in [5, 5.41) is 9.68. The van der Waals surface area contributed by atoms with Crippen LogP contribution in [-0.2, 0) is 6.42 Å². The molecule has 2 aliphatic rings. The van der Waals surface area contributed by atoms with Crippen molar-refractivity contribution in [2.24, 2.45) is 0 Å². The number of aryl methyl sites for hydroxylation is 1. The van der Waals surface area contributed by atoms with Crippen LogP contribution < -0.4 is 5.56 Å². The number of hydrogen-bond donors (Lipinski definition) is 2. The lowest BCUT2D eigenvalue weighted by molar-refractivity contribution is 0.475. The molecule has 0 atom stereocenters. The van der Waals surface area contributed by atoms with E-state index in [1.54, 1.807) is 35.0 Å². The summed E-state index contributed by atoms with van der Waals surface area (Å²) in [4.78, 5) is 21.5. The Morgan fingerprint density at radius 3 is 2.39 bits per heavy atom. The van der Waals surface area contributed by atoms with Crippen molar-refractivity contribution >= 4 is 5.57 Å². The highest BCUT2D eigenvalue weighted by Gasteiger charge is 2.22. The molecule has 0 fully saturated rings. The molecule has 33 heavy (non-hydrogen) atoms. The van der Waals surface area contributed by atoms with Crippen molar-refractivity contribution in [3.8, 4) is 22.8 Å². The summed E-state index contributed by atoms with van der Waals surface area (Å²) in [5.41, 5.74) is 6.47. The van der Waals surface area contributed by atoms with Crippen molar-refractivity contribution < 1.29 is 5.11 Å². The zero-order valence-electron chi connectivity index (χ0n) is 18.2. The average Bonchev–Trinajstić information content (AvgIpc) is 3.15. The Kier molecular flexibility index (Phi) is 5.15. The van der Waals surface area contributed by atoms with Crippen LogP contribution in [0.1, 0.15) is 28.1 Å². The summed E-state index contributed by atoms with van der Waals surface area (Å²) in [6, 6.07) is 24.8. The smallest absolute Gasteiger partial charge is 0.278 e. The summed E-state index contributed by atoms with van der Waals surface area (Å²) in [6.45, 7) is 6.34. The molecule has 2 N–H and O–H groups in total. The second-order valence-electron chi connectivity index (χ2n) is 8.15. The molecular weight excluding hydrogens is 410 g/mol. The van der Waals surface area contributed by atoms with Gasteiger partial charge in [-0.05, 0) is 47.9 Å². The molecule has 5 nitrogen and oxygen atoms in total. The summed E-state index contributed by atoms with van der Waals surface area (Å²) < 4.78 is 1.59. The van der Waals surface area contributed by atoms with Crippen LogP contribution in [0.25, 0.3) is 22.6 Å². The van der Waals surface area contributed by atoms with Crippen molar-refractivity contribution in [3.63, 3.8) is 0 Å². The van der Waals surface area contributed by atoms with Crippen LogP contribution in [0.2, 0.25) is 0 Å². The monoisotopic (exact) mass is 433 g/mol. The topological polar surface area (TPSA) is 70.9 Å². The summed E-state index contributed by atoms with van der Waals surface area (Å²) in [7, 11) is 0. The van der Waals surface area contributed by atoms with Crippen LogP contribution >= 0.6 is 0 Å². The minimum absolute atomic E-state index is 0.151. The normalized spacial score (nSPS) is 11.1. The molecule has 5 heteroatoms. The van der Waals surface area contributed by atoms with E-state index in [0.717, 1.165) is 28.0 Å². The molecule has 3 aromatic rings. The summed E-state index contributed by atoms with van der Waals surface area (Å²) in [5.74, 6) is 0.722. The minimum atomic E-state index is -0.151. The number of aromatic hydroxyl groups is 1. The van der Waals surface area contributed by atoms with E-state index in [0.29, 0.717) is 23.6 Å². The SMILES string of the molecule is C=C(c1ccccc1)c1[nH]c(-c2ccc(O)cc2)cn2c(=O)c(Cc3ccc(C)cc3)nc1-2. The number of aromatic amines is 1. The van der Waals surface area contributed by atoms with Gasteiger partial charge < -0.3 is 10.1 Å². The third-order valence-corrected chi connectivity index (χ3v) is 5.77. The first-order valence-corrected chi connectivity index (χ1v) is 10.7. The molecule has 0 amide bonds. The number of rotatable bonds is 5. The van der Waals surface area contributed by atoms with E-state index in [-0.39, 0.29) is 11.3 Å². The predicted molar refractivity (Wildman–Crippen MR) is 131 cm³/mol. The minimum Gasteiger partial charge on any atom is -0.508 e. The standard InChI is InChI=1S/C28H23N3O2/c1-18-8-10-20(11-9-18)16-24-28(33)31-17-25(22-12-14-23(32)15-13-22)29-26(27(31)30-24)19(2)21-6-4-3-5-7-21/h3-15,17,29,32H,2,16H2,1H3. The van der Waals surface area contributed by atoms with Gasteiger partial charge in [0.2, 0.25) is 0 Å². The van der Waals surface area contributed by atoms with Gasteiger partial charge in [0.25, 0.3) is 5.56 Å². The largest absolute Gasteiger partial charge is 0.508 e. The molecule has 0 aromatic heterocycles. The third kappa shape index (κ3) is 3.96. The maximum absolute atomic E-state index is 13.4. The van der Waals surface area contributed by atoms with E-state index in [9.17, 15) is 9.90 Å². The van der Waals surface area contributed by atoms with Gasteiger partial charge in [0.15, 0.2) is 5.82 Å². The number of imidazole rings is 1. The lowest BCUT2D eigenvalue weighted by Crippen LogP contribution is -2.17. The van der Waals surface area contributed by atoms with Gasteiger partial charge >= 0.3 is 0 Å². The van der Waals surface area contributed by atoms with E-state index in [4.69, 9.17) is 4.98 Å². The van der Waals surface area contributed by atoms with E-state index in [1.165, 1.54) is 5.56 Å². The van der Waals surface area contributed by atoms with Gasteiger partial charge in [0, 0.05) is 18.2 Å². The Morgan fingerprint density at radius 2 is 1.70 bits per heavy atom. The second-order valence-corrected chi connectivity index (χ2v) is 8.15. The van der Waals surface area contributed by atoms with Crippen LogP contribution in [0, 0.1) is 6.92 Å². The van der Waals surface area contributed by atoms with Crippen molar-refractivity contribution in [2.75, 3.05) is 0 Å². The highest BCUT2D eigenvalue weighted by atomic mass is 16.3. The van der Waals surface area contributed by atoms with Gasteiger partial charge in [-0.1, -0.05) is 66.7 Å². The predicted octanol–water partition coefficient (Wildman–Crippen LogP) is 5.33. The van der Waals surface area contributed by atoms with Crippen LogP contribution in [-0.4, -0.2) is 19.6 Å². The first kappa shape index (κ1) is 20.5. The molecule has 5 rings (SSSR count). The highest BCUT2D eigenvalue weighted by molar-refractivity contribution is 5.81. The first-order valence-electron chi connectivity index (χ1n) is 10.7. The molecule has 0 saturated carbocycles. The van der Waals surface area contributed by atoms with E-state index < -0.39 is 0 Å². The molecule has 0 unspecified atom stereocenters. The Hall–Kier alpha value is -4.38. The Labute approximate surface area is 191 Å². The van der Waals surface area contributed by atoms with Gasteiger partial charge in [0.1, 0.15) is 11.4 Å². The number of nitrogens with one attached hydrogen (secondary N) is 1. The van der Waals surface area contributed by atoms with Gasteiger partial charge in [-0.25, -0.2) is 4.98 Å².